The Morgan fingerprint density at radius 2 is 1.69 bits per heavy atom. The molecule has 5 aromatic rings. The van der Waals surface area contributed by atoms with Gasteiger partial charge in [-0.3, -0.25) is 4.79 Å². The Bertz CT molecular complexity index is 1530. The molecule has 0 aliphatic rings. The number of carbonyl (C=O) groups is 1. The maximum atomic E-state index is 12.9. The number of pyridine rings is 1. The second-order valence-corrected chi connectivity index (χ2v) is 8.70. The molecule has 0 radical (unpaired) electrons. The number of para-hydroxylation sites is 1. The standard InChI is InChI=1S/C28H28N6O2/c1-18-25(20(3)34(32-18)22-8-6-5-7-9-22)16-30-26(35)17-33-28-27(19(2)31-33)24(14-15-29-28)21-10-12-23(36-4)13-11-21/h5-15H,16-17H2,1-4H3,(H,30,35). The first-order valence-corrected chi connectivity index (χ1v) is 11.8. The molecule has 3 heterocycles. The molecule has 8 nitrogen and oxygen atoms in total. The van der Waals surface area contributed by atoms with Crippen molar-refractivity contribution in [1.29, 1.82) is 0 Å². The fourth-order valence-corrected chi connectivity index (χ4v) is 4.53. The smallest absolute Gasteiger partial charge is 0.242 e. The number of aromatic nitrogens is 5. The summed E-state index contributed by atoms with van der Waals surface area (Å²) >= 11 is 0. The quantitative estimate of drug-likeness (QED) is 0.370. The first kappa shape index (κ1) is 23.3. The fraction of sp³-hybridized carbons (Fsp3) is 0.214. The van der Waals surface area contributed by atoms with E-state index in [-0.39, 0.29) is 12.5 Å². The topological polar surface area (TPSA) is 86.9 Å². The summed E-state index contributed by atoms with van der Waals surface area (Å²) in [5, 5.41) is 13.3. The van der Waals surface area contributed by atoms with Gasteiger partial charge in [0.05, 0.1) is 24.2 Å². The van der Waals surface area contributed by atoms with Crippen LogP contribution in [0.15, 0.2) is 66.9 Å². The molecule has 0 aliphatic heterocycles. The Labute approximate surface area is 209 Å². The summed E-state index contributed by atoms with van der Waals surface area (Å²) in [6.07, 6.45) is 1.75. The van der Waals surface area contributed by atoms with Crippen molar-refractivity contribution in [2.45, 2.75) is 33.9 Å². The number of aryl methyl sites for hydroxylation is 2. The van der Waals surface area contributed by atoms with E-state index in [1.54, 1.807) is 18.0 Å². The summed E-state index contributed by atoms with van der Waals surface area (Å²) in [6.45, 7) is 6.39. The number of amides is 1. The lowest BCUT2D eigenvalue weighted by Crippen LogP contribution is -2.28. The first-order valence-electron chi connectivity index (χ1n) is 11.8. The van der Waals surface area contributed by atoms with Crippen LogP contribution in [0.2, 0.25) is 0 Å². The Kier molecular flexibility index (Phi) is 6.25. The van der Waals surface area contributed by atoms with Crippen molar-refractivity contribution in [2.24, 2.45) is 0 Å². The molecule has 0 unspecified atom stereocenters. The number of fused-ring (bicyclic) bond motifs is 1. The molecule has 0 saturated carbocycles. The second-order valence-electron chi connectivity index (χ2n) is 8.70. The zero-order valence-corrected chi connectivity index (χ0v) is 20.8. The molecule has 0 spiro atoms. The van der Waals surface area contributed by atoms with Gasteiger partial charge in [-0.15, -0.1) is 0 Å². The van der Waals surface area contributed by atoms with E-state index in [0.29, 0.717) is 12.2 Å². The third kappa shape index (κ3) is 4.33. The van der Waals surface area contributed by atoms with Crippen LogP contribution in [0.1, 0.15) is 22.6 Å². The van der Waals surface area contributed by atoms with Crippen LogP contribution in [0.3, 0.4) is 0 Å². The molecule has 0 aliphatic carbocycles. The molecule has 0 bridgehead atoms. The number of methoxy groups -OCH3 is 1. The highest BCUT2D eigenvalue weighted by atomic mass is 16.5. The van der Waals surface area contributed by atoms with Gasteiger partial charge >= 0.3 is 0 Å². The van der Waals surface area contributed by atoms with Crippen LogP contribution in [-0.2, 0) is 17.9 Å². The van der Waals surface area contributed by atoms with Gasteiger partial charge in [-0.1, -0.05) is 30.3 Å². The van der Waals surface area contributed by atoms with Crippen LogP contribution in [0.5, 0.6) is 5.75 Å². The summed E-state index contributed by atoms with van der Waals surface area (Å²) in [5.74, 6) is 0.662. The average Bonchev–Trinajstić information content (AvgIpc) is 3.38. The van der Waals surface area contributed by atoms with E-state index in [9.17, 15) is 4.79 Å². The van der Waals surface area contributed by atoms with Gasteiger partial charge < -0.3 is 10.1 Å². The number of hydrogen-bond acceptors (Lipinski definition) is 5. The van der Waals surface area contributed by atoms with Crippen molar-refractivity contribution < 1.29 is 9.53 Å². The molecule has 0 atom stereocenters. The molecule has 1 N–H and O–H groups in total. The van der Waals surface area contributed by atoms with Crippen LogP contribution in [0, 0.1) is 20.8 Å². The maximum Gasteiger partial charge on any atom is 0.242 e. The predicted molar refractivity (Wildman–Crippen MR) is 139 cm³/mol. The lowest BCUT2D eigenvalue weighted by atomic mass is 10.0. The number of rotatable bonds is 7. The normalized spacial score (nSPS) is 11.1. The van der Waals surface area contributed by atoms with E-state index < -0.39 is 0 Å². The molecule has 0 saturated heterocycles. The zero-order chi connectivity index (χ0) is 25.2. The van der Waals surface area contributed by atoms with E-state index in [2.05, 4.69) is 20.5 Å². The van der Waals surface area contributed by atoms with Gasteiger partial charge in [-0.2, -0.15) is 10.2 Å². The fourth-order valence-electron chi connectivity index (χ4n) is 4.53. The predicted octanol–water partition coefficient (Wildman–Crippen LogP) is 4.53. The minimum absolute atomic E-state index is 0.0777. The Balaban J connectivity index is 1.35. The number of nitrogens with zero attached hydrogens (tertiary/aromatic N) is 5. The molecule has 36 heavy (non-hydrogen) atoms. The summed E-state index contributed by atoms with van der Waals surface area (Å²) in [4.78, 5) is 17.5. The van der Waals surface area contributed by atoms with Gasteiger partial charge in [0, 0.05) is 29.4 Å². The van der Waals surface area contributed by atoms with E-state index in [0.717, 1.165) is 50.6 Å². The summed E-state index contributed by atoms with van der Waals surface area (Å²) in [6, 6.07) is 19.8. The Morgan fingerprint density at radius 1 is 0.944 bits per heavy atom. The van der Waals surface area contributed by atoms with Crippen LogP contribution >= 0.6 is 0 Å². The van der Waals surface area contributed by atoms with E-state index in [1.807, 2.05) is 86.1 Å². The number of carbonyl (C=O) groups excluding carboxylic acids is 1. The van der Waals surface area contributed by atoms with Gasteiger partial charge in [0.25, 0.3) is 0 Å². The molecular formula is C28H28N6O2. The number of hydrogen-bond donors (Lipinski definition) is 1. The van der Waals surface area contributed by atoms with Crippen molar-refractivity contribution in [3.8, 4) is 22.6 Å². The van der Waals surface area contributed by atoms with Crippen molar-refractivity contribution in [1.82, 2.24) is 29.9 Å². The van der Waals surface area contributed by atoms with Gasteiger partial charge in [-0.05, 0) is 62.2 Å². The van der Waals surface area contributed by atoms with Crippen LogP contribution in [0.4, 0.5) is 0 Å². The van der Waals surface area contributed by atoms with Gasteiger partial charge in [-0.25, -0.2) is 14.3 Å². The largest absolute Gasteiger partial charge is 0.497 e. The van der Waals surface area contributed by atoms with Gasteiger partial charge in [0.15, 0.2) is 5.65 Å². The van der Waals surface area contributed by atoms with Gasteiger partial charge in [0.2, 0.25) is 5.91 Å². The molecule has 0 fully saturated rings. The molecule has 1 amide bonds. The first-order chi connectivity index (χ1) is 17.5. The van der Waals surface area contributed by atoms with Crippen molar-refractivity contribution in [3.63, 3.8) is 0 Å². The third-order valence-corrected chi connectivity index (χ3v) is 6.41. The number of ether oxygens (including phenoxy) is 1. The molecular weight excluding hydrogens is 452 g/mol. The Hall–Kier alpha value is -4.46. The number of nitrogens with one attached hydrogen (secondary N) is 1. The SMILES string of the molecule is COc1ccc(-c2ccnc3c2c(C)nn3CC(=O)NCc2c(C)nn(-c3ccccc3)c2C)cc1. The highest BCUT2D eigenvalue weighted by Crippen LogP contribution is 2.31. The number of benzene rings is 2. The van der Waals surface area contributed by atoms with Crippen LogP contribution in [-0.4, -0.2) is 37.6 Å². The van der Waals surface area contributed by atoms with Crippen LogP contribution in [0.25, 0.3) is 27.8 Å². The molecule has 182 valence electrons. The second kappa shape index (κ2) is 9.65. The van der Waals surface area contributed by atoms with Crippen LogP contribution < -0.4 is 10.1 Å². The lowest BCUT2D eigenvalue weighted by molar-refractivity contribution is -0.121. The monoisotopic (exact) mass is 480 g/mol. The van der Waals surface area contributed by atoms with E-state index in [1.165, 1.54) is 0 Å². The van der Waals surface area contributed by atoms with E-state index in [4.69, 9.17) is 4.74 Å². The zero-order valence-electron chi connectivity index (χ0n) is 20.8. The Morgan fingerprint density at radius 3 is 2.42 bits per heavy atom. The molecule has 5 rings (SSSR count). The van der Waals surface area contributed by atoms with Crippen molar-refractivity contribution in [3.05, 3.63) is 89.5 Å². The van der Waals surface area contributed by atoms with Gasteiger partial charge in [0.1, 0.15) is 12.3 Å². The summed E-state index contributed by atoms with van der Waals surface area (Å²) in [5.41, 5.74) is 7.46. The maximum absolute atomic E-state index is 12.9. The summed E-state index contributed by atoms with van der Waals surface area (Å²) < 4.78 is 8.85. The minimum atomic E-state index is -0.137. The highest BCUT2D eigenvalue weighted by molar-refractivity contribution is 5.95. The summed E-state index contributed by atoms with van der Waals surface area (Å²) in [7, 11) is 1.65. The van der Waals surface area contributed by atoms with Crippen molar-refractivity contribution in [2.75, 3.05) is 7.11 Å². The van der Waals surface area contributed by atoms with E-state index >= 15 is 0 Å². The molecule has 2 aromatic carbocycles. The highest BCUT2D eigenvalue weighted by Gasteiger charge is 2.17. The average molecular weight is 481 g/mol. The van der Waals surface area contributed by atoms with Crippen molar-refractivity contribution >= 4 is 16.9 Å². The lowest BCUT2D eigenvalue weighted by Gasteiger charge is -2.08. The molecule has 8 heteroatoms. The molecule has 3 aromatic heterocycles. The minimum Gasteiger partial charge on any atom is -0.497 e. The third-order valence-electron chi connectivity index (χ3n) is 6.41.